The van der Waals surface area contributed by atoms with Crippen LogP contribution in [0.1, 0.15) is 54.9 Å². The van der Waals surface area contributed by atoms with Gasteiger partial charge in [0.25, 0.3) is 5.91 Å². The molecule has 3 heterocycles. The van der Waals surface area contributed by atoms with E-state index in [-0.39, 0.29) is 17.6 Å². The molecule has 1 aliphatic rings. The number of nitrogens with zero attached hydrogens (tertiary/aromatic N) is 5. The van der Waals surface area contributed by atoms with Crippen LogP contribution in [0.5, 0.6) is 0 Å². The molecule has 0 saturated carbocycles. The lowest BCUT2D eigenvalue weighted by molar-refractivity contribution is -0.127. The lowest BCUT2D eigenvalue weighted by Gasteiger charge is -2.15. The van der Waals surface area contributed by atoms with E-state index in [9.17, 15) is 14.0 Å². The predicted molar refractivity (Wildman–Crippen MR) is 163 cm³/mol. The summed E-state index contributed by atoms with van der Waals surface area (Å²) in [6.45, 7) is 4.36. The molecule has 0 spiro atoms. The van der Waals surface area contributed by atoms with Gasteiger partial charge in [-0.2, -0.15) is 9.36 Å². The van der Waals surface area contributed by atoms with E-state index in [2.05, 4.69) is 42.2 Å². The van der Waals surface area contributed by atoms with Crippen LogP contribution < -0.4 is 16.0 Å². The van der Waals surface area contributed by atoms with Crippen molar-refractivity contribution in [2.75, 3.05) is 35.6 Å². The van der Waals surface area contributed by atoms with Crippen LogP contribution >= 0.6 is 11.5 Å². The van der Waals surface area contributed by atoms with Gasteiger partial charge >= 0.3 is 0 Å². The molecule has 218 valence electrons. The van der Waals surface area contributed by atoms with Gasteiger partial charge in [-0.05, 0) is 73.7 Å². The van der Waals surface area contributed by atoms with E-state index in [0.717, 1.165) is 61.6 Å². The predicted octanol–water partition coefficient (Wildman–Crippen LogP) is 5.90. The van der Waals surface area contributed by atoms with Crippen LogP contribution in [0, 0.1) is 5.82 Å². The third-order valence-electron chi connectivity index (χ3n) is 6.92. The average molecular weight is 589 g/mol. The summed E-state index contributed by atoms with van der Waals surface area (Å²) in [7, 11) is 0. The number of carbonyl (C=O) groups excluding carboxylic acids is 2. The number of hydrogen-bond donors (Lipinski definition) is 3. The van der Waals surface area contributed by atoms with Crippen LogP contribution in [0.15, 0.2) is 54.9 Å². The summed E-state index contributed by atoms with van der Waals surface area (Å²) in [5.41, 5.74) is 2.58. The van der Waals surface area contributed by atoms with Crippen LogP contribution in [0.2, 0.25) is 0 Å². The number of likely N-dealkylation sites (tertiary alicyclic amines) is 1. The first-order valence-electron chi connectivity index (χ1n) is 14.1. The van der Waals surface area contributed by atoms with Crippen molar-refractivity contribution in [1.82, 2.24) is 24.2 Å². The zero-order valence-corrected chi connectivity index (χ0v) is 24.2. The first-order chi connectivity index (χ1) is 20.5. The number of halogens is 1. The molecule has 1 fully saturated rings. The number of benzene rings is 2. The number of unbranched alkanes of at least 4 members (excludes halogenated alkanes) is 1. The second-order valence-electron chi connectivity index (χ2n) is 10.0. The summed E-state index contributed by atoms with van der Waals surface area (Å²) in [6.07, 6.45) is 6.46. The van der Waals surface area contributed by atoms with Gasteiger partial charge in [-0.25, -0.2) is 14.4 Å². The second-order valence-corrected chi connectivity index (χ2v) is 10.8. The Morgan fingerprint density at radius 2 is 1.90 bits per heavy atom. The molecule has 0 bridgehead atoms. The highest BCUT2D eigenvalue weighted by molar-refractivity contribution is 7.10. The maximum atomic E-state index is 14.1. The molecule has 0 aliphatic carbocycles. The summed E-state index contributed by atoms with van der Waals surface area (Å²) in [4.78, 5) is 39.4. The summed E-state index contributed by atoms with van der Waals surface area (Å²) in [6, 6.07) is 13.7. The average Bonchev–Trinajstić information content (AvgIpc) is 3.64. The summed E-state index contributed by atoms with van der Waals surface area (Å²) in [5, 5.41) is 9.65. The topological polar surface area (TPSA) is 125 Å². The summed E-state index contributed by atoms with van der Waals surface area (Å²) >= 11 is 1.08. The molecule has 5 rings (SSSR count). The lowest BCUT2D eigenvalue weighted by Crippen LogP contribution is -2.27. The van der Waals surface area contributed by atoms with E-state index in [1.54, 1.807) is 36.4 Å². The summed E-state index contributed by atoms with van der Waals surface area (Å²) < 4.78 is 18.5. The Morgan fingerprint density at radius 3 is 2.69 bits per heavy atom. The number of amides is 2. The fourth-order valence-corrected chi connectivity index (χ4v) is 5.22. The van der Waals surface area contributed by atoms with Crippen molar-refractivity contribution in [3.63, 3.8) is 0 Å². The van der Waals surface area contributed by atoms with Gasteiger partial charge in [0.2, 0.25) is 11.0 Å². The number of hydrogen-bond acceptors (Lipinski definition) is 9. The third kappa shape index (κ3) is 7.64. The van der Waals surface area contributed by atoms with Crippen molar-refractivity contribution >= 4 is 45.8 Å². The van der Waals surface area contributed by atoms with Gasteiger partial charge in [0.15, 0.2) is 5.82 Å². The Bertz CT molecular complexity index is 1530. The third-order valence-corrected chi connectivity index (χ3v) is 7.55. The number of nitrogens with one attached hydrogen (secondary N) is 3. The number of rotatable bonds is 13. The van der Waals surface area contributed by atoms with Gasteiger partial charge in [-0.3, -0.25) is 14.9 Å². The lowest BCUT2D eigenvalue weighted by atomic mass is 10.0. The molecule has 12 heteroatoms. The molecule has 1 saturated heterocycles. The second kappa shape index (κ2) is 13.9. The molecule has 3 N–H and O–H groups in total. The molecule has 2 aromatic heterocycles. The molecule has 10 nitrogen and oxygen atoms in total. The van der Waals surface area contributed by atoms with Gasteiger partial charge < -0.3 is 15.5 Å². The Hall–Kier alpha value is -4.45. The highest BCUT2D eigenvalue weighted by Gasteiger charge is 2.19. The zero-order valence-electron chi connectivity index (χ0n) is 23.4. The number of anilines is 4. The first-order valence-corrected chi connectivity index (χ1v) is 14.9. The molecule has 1 aliphatic heterocycles. The van der Waals surface area contributed by atoms with E-state index >= 15 is 0 Å². The van der Waals surface area contributed by atoms with Gasteiger partial charge in [0.1, 0.15) is 23.8 Å². The van der Waals surface area contributed by atoms with Gasteiger partial charge in [-0.1, -0.05) is 13.3 Å². The van der Waals surface area contributed by atoms with Gasteiger partial charge in [-0.15, -0.1) is 0 Å². The Morgan fingerprint density at radius 1 is 1.07 bits per heavy atom. The highest BCUT2D eigenvalue weighted by Crippen LogP contribution is 2.25. The van der Waals surface area contributed by atoms with Gasteiger partial charge in [0, 0.05) is 60.5 Å². The molecule has 0 radical (unpaired) electrons. The van der Waals surface area contributed by atoms with Crippen LogP contribution in [-0.4, -0.2) is 55.7 Å². The van der Waals surface area contributed by atoms with E-state index in [1.165, 1.54) is 12.4 Å². The smallest absolute Gasteiger partial charge is 0.257 e. The molecule has 0 atom stereocenters. The van der Waals surface area contributed by atoms with E-state index < -0.39 is 0 Å². The van der Waals surface area contributed by atoms with Crippen molar-refractivity contribution in [1.29, 1.82) is 0 Å². The minimum atomic E-state index is -0.309. The maximum Gasteiger partial charge on any atom is 0.257 e. The van der Waals surface area contributed by atoms with E-state index in [4.69, 9.17) is 0 Å². The Balaban J connectivity index is 1.13. The Labute approximate surface area is 248 Å². The SMILES string of the molecule is CCCCc1cc(-c2nsc(NC(=O)c3ccc(Nc4cc(NCCCN5CCCC5=O)ncn4)cc3)n2)ccc1F. The molecule has 0 unspecified atom stereocenters. The van der Waals surface area contributed by atoms with Crippen molar-refractivity contribution in [2.45, 2.75) is 45.4 Å². The monoisotopic (exact) mass is 588 g/mol. The number of carbonyl (C=O) groups is 2. The fourth-order valence-electron chi connectivity index (χ4n) is 4.64. The van der Waals surface area contributed by atoms with E-state index in [1.807, 2.05) is 11.0 Å². The van der Waals surface area contributed by atoms with Crippen LogP contribution in [-0.2, 0) is 11.2 Å². The van der Waals surface area contributed by atoms with Crippen LogP contribution in [0.3, 0.4) is 0 Å². The summed E-state index contributed by atoms with van der Waals surface area (Å²) in [5.74, 6) is 1.45. The molecule has 4 aromatic rings. The highest BCUT2D eigenvalue weighted by atomic mass is 32.1. The van der Waals surface area contributed by atoms with Crippen molar-refractivity contribution < 1.29 is 14.0 Å². The quantitative estimate of drug-likeness (QED) is 0.165. The number of aryl methyl sites for hydroxylation is 1. The standard InChI is InChI=1S/C30H33FN8O2S/c1-2-3-6-21-17-22(10-13-24(21)31)28-36-30(42-38-28)37-29(41)20-8-11-23(12-9-20)35-26-18-25(33-19-34-26)32-14-5-16-39-15-4-7-27(39)40/h8-13,17-19H,2-7,14-16H2,1H3,(H2,32,33,34,35)(H,36,37,38,41). The Kier molecular flexibility index (Phi) is 9.65. The fraction of sp³-hybridized carbons (Fsp3) is 0.333. The zero-order chi connectivity index (χ0) is 29.3. The molecule has 2 aromatic carbocycles. The minimum absolute atomic E-state index is 0.228. The number of aromatic nitrogens is 4. The molecular formula is C30H33FN8O2S. The van der Waals surface area contributed by atoms with Crippen molar-refractivity contribution in [3.8, 4) is 11.4 Å². The van der Waals surface area contributed by atoms with Crippen LogP contribution in [0.4, 0.5) is 26.8 Å². The minimum Gasteiger partial charge on any atom is -0.370 e. The largest absolute Gasteiger partial charge is 0.370 e. The first kappa shape index (κ1) is 29.1. The maximum absolute atomic E-state index is 14.1. The van der Waals surface area contributed by atoms with Gasteiger partial charge in [0.05, 0.1) is 0 Å². The normalized spacial score (nSPS) is 12.9. The van der Waals surface area contributed by atoms with Crippen molar-refractivity contribution in [2.24, 2.45) is 0 Å². The molecular weight excluding hydrogens is 555 g/mol. The molecule has 42 heavy (non-hydrogen) atoms. The molecule has 2 amide bonds. The van der Waals surface area contributed by atoms with E-state index in [0.29, 0.717) is 53.1 Å². The van der Waals surface area contributed by atoms with Crippen LogP contribution in [0.25, 0.3) is 11.4 Å². The van der Waals surface area contributed by atoms with Crippen molar-refractivity contribution in [3.05, 3.63) is 71.8 Å².